The zero-order valence-electron chi connectivity index (χ0n) is 10.0. The molecule has 0 spiro atoms. The second-order valence-corrected chi connectivity index (χ2v) is 4.60. The molecule has 4 nitrogen and oxygen atoms in total. The maximum atomic E-state index is 11.8. The Bertz CT molecular complexity index is 406. The van der Waals surface area contributed by atoms with Crippen LogP contribution in [0.15, 0.2) is 24.3 Å². The SMILES string of the molecule is Cc1cccc(NC(=O)CN2CC[C@H](O)C2)c1. The zero-order chi connectivity index (χ0) is 12.3. The summed E-state index contributed by atoms with van der Waals surface area (Å²) < 4.78 is 0. The number of β-amino-alcohol motifs (C(OH)–C–C–N with tert-alkyl or cyclic N) is 1. The number of hydrogen-bond donors (Lipinski definition) is 2. The van der Waals surface area contributed by atoms with E-state index in [0.29, 0.717) is 13.1 Å². The lowest BCUT2D eigenvalue weighted by Gasteiger charge is -2.14. The van der Waals surface area contributed by atoms with Crippen molar-refractivity contribution in [3.63, 3.8) is 0 Å². The van der Waals surface area contributed by atoms with Crippen LogP contribution in [-0.4, -0.2) is 41.7 Å². The summed E-state index contributed by atoms with van der Waals surface area (Å²) >= 11 is 0. The highest BCUT2D eigenvalue weighted by Crippen LogP contribution is 2.11. The molecule has 2 N–H and O–H groups in total. The first-order chi connectivity index (χ1) is 8.13. The number of aliphatic hydroxyl groups is 1. The topological polar surface area (TPSA) is 52.6 Å². The van der Waals surface area contributed by atoms with Gasteiger partial charge in [-0.25, -0.2) is 0 Å². The number of hydrogen-bond acceptors (Lipinski definition) is 3. The Labute approximate surface area is 101 Å². The standard InChI is InChI=1S/C13H18N2O2/c1-10-3-2-4-11(7-10)14-13(17)9-15-6-5-12(16)8-15/h2-4,7,12,16H,5-6,8-9H2,1H3,(H,14,17)/t12-/m0/s1. The number of carbonyl (C=O) groups excluding carboxylic acids is 1. The van der Waals surface area contributed by atoms with Gasteiger partial charge in [0, 0.05) is 18.8 Å². The van der Waals surface area contributed by atoms with Gasteiger partial charge in [0.1, 0.15) is 0 Å². The number of nitrogens with zero attached hydrogens (tertiary/aromatic N) is 1. The van der Waals surface area contributed by atoms with Gasteiger partial charge in [-0.05, 0) is 31.0 Å². The predicted molar refractivity (Wildman–Crippen MR) is 66.9 cm³/mol. The average molecular weight is 234 g/mol. The van der Waals surface area contributed by atoms with Crippen LogP contribution in [0.1, 0.15) is 12.0 Å². The van der Waals surface area contributed by atoms with Crippen LogP contribution in [0, 0.1) is 6.92 Å². The highest BCUT2D eigenvalue weighted by atomic mass is 16.3. The van der Waals surface area contributed by atoms with Gasteiger partial charge in [0.05, 0.1) is 12.6 Å². The van der Waals surface area contributed by atoms with Crippen LogP contribution in [0.2, 0.25) is 0 Å². The lowest BCUT2D eigenvalue weighted by molar-refractivity contribution is -0.117. The molecule has 2 rings (SSSR count). The molecular formula is C13H18N2O2. The van der Waals surface area contributed by atoms with E-state index in [-0.39, 0.29) is 12.0 Å². The molecule has 1 aliphatic rings. The van der Waals surface area contributed by atoms with Gasteiger partial charge in [0.15, 0.2) is 0 Å². The smallest absolute Gasteiger partial charge is 0.238 e. The van der Waals surface area contributed by atoms with Crippen LogP contribution >= 0.6 is 0 Å². The van der Waals surface area contributed by atoms with Gasteiger partial charge in [-0.3, -0.25) is 9.69 Å². The maximum absolute atomic E-state index is 11.8. The van der Waals surface area contributed by atoms with Crippen molar-refractivity contribution in [3.8, 4) is 0 Å². The van der Waals surface area contributed by atoms with E-state index in [0.717, 1.165) is 24.2 Å². The van der Waals surface area contributed by atoms with Crippen LogP contribution in [0.25, 0.3) is 0 Å². The molecule has 17 heavy (non-hydrogen) atoms. The fourth-order valence-corrected chi connectivity index (χ4v) is 2.08. The molecule has 0 aromatic heterocycles. The van der Waals surface area contributed by atoms with Crippen molar-refractivity contribution in [2.24, 2.45) is 0 Å². The molecule has 0 bridgehead atoms. The van der Waals surface area contributed by atoms with Crippen molar-refractivity contribution >= 4 is 11.6 Å². The summed E-state index contributed by atoms with van der Waals surface area (Å²) in [6.07, 6.45) is 0.485. The molecule has 0 unspecified atom stereocenters. The molecule has 1 fully saturated rings. The van der Waals surface area contributed by atoms with Crippen LogP contribution in [0.3, 0.4) is 0 Å². The van der Waals surface area contributed by atoms with E-state index in [1.807, 2.05) is 36.1 Å². The number of aryl methyl sites for hydroxylation is 1. The molecule has 1 saturated heterocycles. The van der Waals surface area contributed by atoms with Gasteiger partial charge in [0.25, 0.3) is 0 Å². The largest absolute Gasteiger partial charge is 0.392 e. The molecular weight excluding hydrogens is 216 g/mol. The predicted octanol–water partition coefficient (Wildman–Crippen LogP) is 1.00. The Balaban J connectivity index is 1.85. The quantitative estimate of drug-likeness (QED) is 0.820. The van der Waals surface area contributed by atoms with E-state index in [1.165, 1.54) is 0 Å². The van der Waals surface area contributed by atoms with Crippen molar-refractivity contribution < 1.29 is 9.90 Å². The molecule has 4 heteroatoms. The summed E-state index contributed by atoms with van der Waals surface area (Å²) in [7, 11) is 0. The summed E-state index contributed by atoms with van der Waals surface area (Å²) in [5, 5.41) is 12.2. The molecule has 0 aliphatic carbocycles. The molecule has 1 aliphatic heterocycles. The number of rotatable bonds is 3. The minimum atomic E-state index is -0.276. The van der Waals surface area contributed by atoms with Crippen LogP contribution < -0.4 is 5.32 Å². The number of nitrogens with one attached hydrogen (secondary N) is 1. The lowest BCUT2D eigenvalue weighted by atomic mass is 10.2. The molecule has 1 aromatic rings. The van der Waals surface area contributed by atoms with Crippen molar-refractivity contribution in [1.82, 2.24) is 4.90 Å². The Morgan fingerprint density at radius 2 is 2.41 bits per heavy atom. The van der Waals surface area contributed by atoms with E-state index >= 15 is 0 Å². The number of benzene rings is 1. The third kappa shape index (κ3) is 3.54. The van der Waals surface area contributed by atoms with Crippen molar-refractivity contribution in [1.29, 1.82) is 0 Å². The minimum absolute atomic E-state index is 0.0234. The molecule has 1 aromatic carbocycles. The van der Waals surface area contributed by atoms with Crippen molar-refractivity contribution in [2.75, 3.05) is 25.0 Å². The van der Waals surface area contributed by atoms with Gasteiger partial charge in [0.2, 0.25) is 5.91 Å². The van der Waals surface area contributed by atoms with E-state index in [4.69, 9.17) is 0 Å². The highest BCUT2D eigenvalue weighted by molar-refractivity contribution is 5.92. The normalized spacial score (nSPS) is 20.5. The average Bonchev–Trinajstić information content (AvgIpc) is 2.63. The Kier molecular flexibility index (Phi) is 3.76. The maximum Gasteiger partial charge on any atom is 0.238 e. The number of anilines is 1. The van der Waals surface area contributed by atoms with Gasteiger partial charge >= 0.3 is 0 Å². The Morgan fingerprint density at radius 3 is 3.06 bits per heavy atom. The number of likely N-dealkylation sites (tertiary alicyclic amines) is 1. The van der Waals surface area contributed by atoms with Crippen LogP contribution in [0.5, 0.6) is 0 Å². The van der Waals surface area contributed by atoms with Gasteiger partial charge in [-0.1, -0.05) is 12.1 Å². The second kappa shape index (κ2) is 5.29. The van der Waals surface area contributed by atoms with E-state index in [1.54, 1.807) is 0 Å². The Morgan fingerprint density at radius 1 is 1.59 bits per heavy atom. The number of aliphatic hydroxyl groups excluding tert-OH is 1. The summed E-state index contributed by atoms with van der Waals surface area (Å²) in [6.45, 7) is 3.74. The summed E-state index contributed by atoms with van der Waals surface area (Å²) in [5.74, 6) is -0.0234. The third-order valence-electron chi connectivity index (χ3n) is 2.92. The van der Waals surface area contributed by atoms with E-state index in [9.17, 15) is 9.90 Å². The molecule has 1 heterocycles. The molecule has 1 amide bonds. The molecule has 0 radical (unpaired) electrons. The lowest BCUT2D eigenvalue weighted by Crippen LogP contribution is -2.32. The fraction of sp³-hybridized carbons (Fsp3) is 0.462. The van der Waals surface area contributed by atoms with Gasteiger partial charge < -0.3 is 10.4 Å². The van der Waals surface area contributed by atoms with Crippen molar-refractivity contribution in [2.45, 2.75) is 19.4 Å². The minimum Gasteiger partial charge on any atom is -0.392 e. The second-order valence-electron chi connectivity index (χ2n) is 4.60. The zero-order valence-corrected chi connectivity index (χ0v) is 10.0. The summed E-state index contributed by atoms with van der Waals surface area (Å²) in [6, 6.07) is 7.73. The van der Waals surface area contributed by atoms with Crippen LogP contribution in [0.4, 0.5) is 5.69 Å². The molecule has 1 atom stereocenters. The summed E-state index contributed by atoms with van der Waals surface area (Å²) in [4.78, 5) is 13.7. The Hall–Kier alpha value is -1.39. The van der Waals surface area contributed by atoms with Gasteiger partial charge in [-0.15, -0.1) is 0 Å². The highest BCUT2D eigenvalue weighted by Gasteiger charge is 2.21. The summed E-state index contributed by atoms with van der Waals surface area (Å²) in [5.41, 5.74) is 1.95. The number of amides is 1. The van der Waals surface area contributed by atoms with Crippen LogP contribution in [-0.2, 0) is 4.79 Å². The first kappa shape index (κ1) is 12.1. The fourth-order valence-electron chi connectivity index (χ4n) is 2.08. The van der Waals surface area contributed by atoms with Gasteiger partial charge in [-0.2, -0.15) is 0 Å². The molecule has 92 valence electrons. The monoisotopic (exact) mass is 234 g/mol. The third-order valence-corrected chi connectivity index (χ3v) is 2.92. The van der Waals surface area contributed by atoms with E-state index in [2.05, 4.69) is 5.32 Å². The number of carbonyl (C=O) groups is 1. The van der Waals surface area contributed by atoms with Crippen molar-refractivity contribution in [3.05, 3.63) is 29.8 Å². The first-order valence-electron chi connectivity index (χ1n) is 5.90. The molecule has 0 saturated carbocycles. The first-order valence-corrected chi connectivity index (χ1v) is 5.90. The van der Waals surface area contributed by atoms with E-state index < -0.39 is 0 Å².